The van der Waals surface area contributed by atoms with Gasteiger partial charge in [0.2, 0.25) is 0 Å². The standard InChI is InChI=1S/C6H10.Li/c1-5-6(2,3)4;/h1H,2-4H3;/q;+1. The summed E-state index contributed by atoms with van der Waals surface area (Å²) in [7, 11) is 0. The molecule has 0 fully saturated rings. The maximum Gasteiger partial charge on any atom is 1.00 e. The summed E-state index contributed by atoms with van der Waals surface area (Å²) in [6.45, 7) is 6.02. The molecule has 0 aliphatic heterocycles. The molecule has 0 unspecified atom stereocenters. The van der Waals surface area contributed by atoms with Crippen LogP contribution in [-0.4, -0.2) is 0 Å². The fourth-order valence-corrected chi connectivity index (χ4v) is 0. The van der Waals surface area contributed by atoms with E-state index in [0.717, 1.165) is 0 Å². The second kappa shape index (κ2) is 3.20. The van der Waals surface area contributed by atoms with Gasteiger partial charge in [-0.2, -0.15) is 0 Å². The Hall–Kier alpha value is 0.157. The average Bonchev–Trinajstić information content (AvgIpc) is 1.35. The van der Waals surface area contributed by atoms with Gasteiger partial charge in [0.05, 0.1) is 0 Å². The van der Waals surface area contributed by atoms with Crippen molar-refractivity contribution >= 4 is 0 Å². The minimum absolute atomic E-state index is 0. The van der Waals surface area contributed by atoms with Gasteiger partial charge in [-0.1, -0.05) is 0 Å². The largest absolute Gasteiger partial charge is 1.00 e. The first-order chi connectivity index (χ1) is 2.56. The minimum Gasteiger partial charge on any atom is -0.120 e. The van der Waals surface area contributed by atoms with Crippen molar-refractivity contribution in [3.05, 3.63) is 0 Å². The molecule has 0 saturated carbocycles. The quantitative estimate of drug-likeness (QED) is 0.255. The Labute approximate surface area is 57.9 Å². The van der Waals surface area contributed by atoms with Crippen LogP contribution in [-0.2, 0) is 0 Å². The molecule has 34 valence electrons. The van der Waals surface area contributed by atoms with Gasteiger partial charge in [0, 0.05) is 5.41 Å². The first-order valence-corrected chi connectivity index (χ1v) is 2.04. The summed E-state index contributed by atoms with van der Waals surface area (Å²) < 4.78 is 0. The van der Waals surface area contributed by atoms with E-state index in [0.29, 0.717) is 0 Å². The molecule has 1 heteroatoms. The van der Waals surface area contributed by atoms with E-state index in [4.69, 9.17) is 6.42 Å². The van der Waals surface area contributed by atoms with Gasteiger partial charge >= 0.3 is 18.9 Å². The minimum atomic E-state index is 0. The third kappa shape index (κ3) is 10.7. The number of hydrogen-bond donors (Lipinski definition) is 0. The summed E-state index contributed by atoms with van der Waals surface area (Å²) in [6.07, 6.45) is 5.06. The average molecular weight is 89.1 g/mol. The van der Waals surface area contributed by atoms with Gasteiger partial charge in [-0.3, -0.25) is 0 Å². The zero-order valence-corrected chi connectivity index (χ0v) is 5.58. The zero-order chi connectivity index (χ0) is 5.21. The van der Waals surface area contributed by atoms with E-state index in [2.05, 4.69) is 5.92 Å². The van der Waals surface area contributed by atoms with E-state index in [9.17, 15) is 0 Å². The van der Waals surface area contributed by atoms with E-state index < -0.39 is 0 Å². The molecule has 0 spiro atoms. The fraction of sp³-hybridized carbons (Fsp3) is 0.667. The first-order valence-electron chi connectivity index (χ1n) is 2.04. The molecule has 0 bridgehead atoms. The molecule has 7 heavy (non-hydrogen) atoms. The fourth-order valence-electron chi connectivity index (χ4n) is 0. The molecule has 0 amide bonds. The summed E-state index contributed by atoms with van der Waals surface area (Å²) in [5, 5.41) is 0. The molecule has 0 nitrogen and oxygen atoms in total. The summed E-state index contributed by atoms with van der Waals surface area (Å²) in [5.74, 6) is 2.60. The molecular weight excluding hydrogens is 79.0 g/mol. The van der Waals surface area contributed by atoms with Gasteiger partial charge in [-0.25, -0.2) is 0 Å². The van der Waals surface area contributed by atoms with E-state index in [1.807, 2.05) is 20.8 Å². The van der Waals surface area contributed by atoms with E-state index in [-0.39, 0.29) is 24.3 Å². The Balaban J connectivity index is 0. The van der Waals surface area contributed by atoms with Crippen LogP contribution in [0.1, 0.15) is 20.8 Å². The van der Waals surface area contributed by atoms with Crippen molar-refractivity contribution < 1.29 is 18.9 Å². The van der Waals surface area contributed by atoms with Gasteiger partial charge in [0.25, 0.3) is 0 Å². The van der Waals surface area contributed by atoms with Crippen LogP contribution in [0.25, 0.3) is 0 Å². The van der Waals surface area contributed by atoms with Crippen LogP contribution in [0.15, 0.2) is 0 Å². The monoisotopic (exact) mass is 89.1 g/mol. The Morgan fingerprint density at radius 3 is 1.43 bits per heavy atom. The third-order valence-corrected chi connectivity index (χ3v) is 0.433. The molecule has 0 aliphatic rings. The molecule has 0 saturated heterocycles. The summed E-state index contributed by atoms with van der Waals surface area (Å²) in [4.78, 5) is 0. The van der Waals surface area contributed by atoms with Crippen LogP contribution < -0.4 is 18.9 Å². The molecule has 0 radical (unpaired) electrons. The Morgan fingerprint density at radius 2 is 1.43 bits per heavy atom. The van der Waals surface area contributed by atoms with Crippen LogP contribution in [0.3, 0.4) is 0 Å². The summed E-state index contributed by atoms with van der Waals surface area (Å²) >= 11 is 0. The molecule has 0 N–H and O–H groups in total. The summed E-state index contributed by atoms with van der Waals surface area (Å²) in [5.41, 5.74) is 0.0694. The van der Waals surface area contributed by atoms with Crippen LogP contribution in [0.2, 0.25) is 0 Å². The van der Waals surface area contributed by atoms with Crippen molar-refractivity contribution in [3.8, 4) is 12.3 Å². The van der Waals surface area contributed by atoms with E-state index in [1.165, 1.54) is 0 Å². The molecule has 0 atom stereocenters. The van der Waals surface area contributed by atoms with Crippen molar-refractivity contribution in [2.75, 3.05) is 0 Å². The molecule has 0 aromatic carbocycles. The van der Waals surface area contributed by atoms with Crippen LogP contribution in [0.5, 0.6) is 0 Å². The Morgan fingerprint density at radius 1 is 1.29 bits per heavy atom. The normalized spacial score (nSPS) is 8.86. The smallest absolute Gasteiger partial charge is 0.120 e. The van der Waals surface area contributed by atoms with Gasteiger partial charge in [-0.05, 0) is 20.8 Å². The van der Waals surface area contributed by atoms with Crippen molar-refractivity contribution in [3.63, 3.8) is 0 Å². The molecule has 0 aromatic rings. The Kier molecular flexibility index (Phi) is 4.66. The topological polar surface area (TPSA) is 0 Å². The van der Waals surface area contributed by atoms with Gasteiger partial charge in [0.1, 0.15) is 0 Å². The number of terminal acetylenes is 1. The van der Waals surface area contributed by atoms with E-state index >= 15 is 0 Å². The molecule has 0 aliphatic carbocycles. The van der Waals surface area contributed by atoms with Gasteiger partial charge in [0.15, 0.2) is 0 Å². The maximum absolute atomic E-state index is 5.06. The SMILES string of the molecule is C#CC(C)(C)C.[Li+]. The van der Waals surface area contributed by atoms with Crippen molar-refractivity contribution in [2.45, 2.75) is 20.8 Å². The zero-order valence-electron chi connectivity index (χ0n) is 5.58. The molecule has 0 heterocycles. The van der Waals surface area contributed by atoms with E-state index in [1.54, 1.807) is 0 Å². The Bertz CT molecular complexity index is 71.2. The van der Waals surface area contributed by atoms with Crippen molar-refractivity contribution in [1.29, 1.82) is 0 Å². The predicted octanol–water partition coefficient (Wildman–Crippen LogP) is -1.33. The molecular formula is C6H10Li+. The predicted molar refractivity (Wildman–Crippen MR) is 28.3 cm³/mol. The second-order valence-electron chi connectivity index (χ2n) is 2.39. The van der Waals surface area contributed by atoms with Gasteiger partial charge < -0.3 is 0 Å². The first kappa shape index (κ1) is 10.2. The molecule has 0 rings (SSSR count). The van der Waals surface area contributed by atoms with Crippen LogP contribution in [0.4, 0.5) is 0 Å². The number of rotatable bonds is 0. The van der Waals surface area contributed by atoms with Crippen LogP contribution >= 0.6 is 0 Å². The third-order valence-electron chi connectivity index (χ3n) is 0.433. The number of hydrogen-bond acceptors (Lipinski definition) is 0. The summed E-state index contributed by atoms with van der Waals surface area (Å²) in [6, 6.07) is 0. The maximum atomic E-state index is 5.06. The van der Waals surface area contributed by atoms with Crippen molar-refractivity contribution in [1.82, 2.24) is 0 Å². The molecule has 0 aromatic heterocycles. The second-order valence-corrected chi connectivity index (χ2v) is 2.39. The van der Waals surface area contributed by atoms with Crippen LogP contribution in [0, 0.1) is 17.8 Å². The van der Waals surface area contributed by atoms with Gasteiger partial charge in [-0.15, -0.1) is 12.3 Å². The van der Waals surface area contributed by atoms with Crippen molar-refractivity contribution in [2.24, 2.45) is 5.41 Å².